The molecule has 35 heavy (non-hydrogen) atoms. The lowest BCUT2D eigenvalue weighted by Gasteiger charge is -2.39. The molecule has 2 unspecified atom stereocenters. The molecular weight excluding hydrogens is 471 g/mol. The van der Waals surface area contributed by atoms with Gasteiger partial charge in [-0.2, -0.15) is 10.1 Å². The number of nitrogens with one attached hydrogen (secondary N) is 1. The van der Waals surface area contributed by atoms with Crippen LogP contribution in [0.4, 0.5) is 10.3 Å². The van der Waals surface area contributed by atoms with Crippen molar-refractivity contribution >= 4 is 23.2 Å². The zero-order valence-electron chi connectivity index (χ0n) is 18.8. The Hall–Kier alpha value is -4.04. The summed E-state index contributed by atoms with van der Waals surface area (Å²) in [7, 11) is 3.16. The van der Waals surface area contributed by atoms with Gasteiger partial charge in [-0.15, -0.1) is 0 Å². The summed E-state index contributed by atoms with van der Waals surface area (Å²) < 4.78 is 34.4. The second kappa shape index (κ2) is 8.32. The van der Waals surface area contributed by atoms with Crippen molar-refractivity contribution in [1.29, 1.82) is 0 Å². The first-order valence-electron chi connectivity index (χ1n) is 10.9. The third kappa shape index (κ3) is 3.40. The standard InChI is InChI=1S/C26H20ClFN4O3/c1-33-20-9-7-14(11-21(20)34-2)25-22-23(17-12-15(27)8-10-19(17)35-25)31-26-29-13-30-32(26)24(22)16-5-3-4-6-18(16)28/h3-13,24-25H,1-2H3,(H,29,30,31). The lowest BCUT2D eigenvalue weighted by Crippen LogP contribution is -2.32. The molecule has 0 saturated carbocycles. The largest absolute Gasteiger partial charge is 0.493 e. The van der Waals surface area contributed by atoms with E-state index in [-0.39, 0.29) is 5.82 Å². The number of hydrogen-bond donors (Lipinski definition) is 1. The van der Waals surface area contributed by atoms with Crippen LogP contribution in [0.5, 0.6) is 17.2 Å². The van der Waals surface area contributed by atoms with E-state index in [1.165, 1.54) is 12.4 Å². The highest BCUT2D eigenvalue weighted by atomic mass is 35.5. The van der Waals surface area contributed by atoms with Crippen molar-refractivity contribution in [3.8, 4) is 17.2 Å². The topological polar surface area (TPSA) is 70.4 Å². The number of rotatable bonds is 4. The summed E-state index contributed by atoms with van der Waals surface area (Å²) in [5.74, 6) is 1.94. The summed E-state index contributed by atoms with van der Waals surface area (Å²) in [5.41, 5.74) is 3.55. The lowest BCUT2D eigenvalue weighted by molar-refractivity contribution is 0.221. The number of nitrogens with zero attached hydrogens (tertiary/aromatic N) is 3. The molecule has 176 valence electrons. The minimum atomic E-state index is -0.616. The van der Waals surface area contributed by atoms with Crippen LogP contribution in [-0.4, -0.2) is 29.0 Å². The van der Waals surface area contributed by atoms with Gasteiger partial charge in [-0.3, -0.25) is 0 Å². The monoisotopic (exact) mass is 490 g/mol. The number of benzene rings is 3. The van der Waals surface area contributed by atoms with Gasteiger partial charge in [-0.1, -0.05) is 35.9 Å². The third-order valence-corrected chi connectivity index (χ3v) is 6.52. The minimum absolute atomic E-state index is 0.351. The maximum atomic E-state index is 15.2. The van der Waals surface area contributed by atoms with Gasteiger partial charge in [0.1, 0.15) is 30.0 Å². The Kier molecular flexibility index (Phi) is 5.11. The number of aromatic nitrogens is 3. The van der Waals surface area contributed by atoms with Gasteiger partial charge in [0, 0.05) is 27.3 Å². The molecule has 0 spiro atoms. The second-order valence-corrected chi connectivity index (χ2v) is 8.60. The molecule has 9 heteroatoms. The molecule has 1 aromatic heterocycles. The van der Waals surface area contributed by atoms with Crippen LogP contribution in [-0.2, 0) is 0 Å². The summed E-state index contributed by atoms with van der Waals surface area (Å²) >= 11 is 6.36. The molecule has 0 fully saturated rings. The number of methoxy groups -OCH3 is 2. The van der Waals surface area contributed by atoms with Gasteiger partial charge >= 0.3 is 0 Å². The third-order valence-electron chi connectivity index (χ3n) is 6.29. The first kappa shape index (κ1) is 21.5. The maximum Gasteiger partial charge on any atom is 0.226 e. The first-order chi connectivity index (χ1) is 17.1. The summed E-state index contributed by atoms with van der Waals surface area (Å²) in [5, 5.41) is 8.37. The van der Waals surface area contributed by atoms with Crippen molar-refractivity contribution in [2.45, 2.75) is 12.1 Å². The fraction of sp³-hybridized carbons (Fsp3) is 0.154. The number of hydrogen-bond acceptors (Lipinski definition) is 6. The maximum absolute atomic E-state index is 15.2. The van der Waals surface area contributed by atoms with Crippen molar-refractivity contribution in [3.63, 3.8) is 0 Å². The first-order valence-corrected chi connectivity index (χ1v) is 11.3. The van der Waals surface area contributed by atoms with Gasteiger partial charge in [-0.25, -0.2) is 9.07 Å². The van der Waals surface area contributed by atoms with Crippen molar-refractivity contribution in [2.75, 3.05) is 19.5 Å². The van der Waals surface area contributed by atoms with Crippen molar-refractivity contribution in [1.82, 2.24) is 14.8 Å². The van der Waals surface area contributed by atoms with Crippen molar-refractivity contribution < 1.29 is 18.6 Å². The SMILES string of the molecule is COc1ccc(C2Oc3ccc(Cl)cc3C3=C2C(c2ccccc2F)n2ncnc2N3)cc1OC. The molecule has 0 bridgehead atoms. The highest BCUT2D eigenvalue weighted by molar-refractivity contribution is 6.30. The Morgan fingerprint density at radius 3 is 2.66 bits per heavy atom. The molecule has 7 nitrogen and oxygen atoms in total. The van der Waals surface area contributed by atoms with Crippen LogP contribution in [0.2, 0.25) is 5.02 Å². The molecule has 0 amide bonds. The molecule has 3 aromatic carbocycles. The predicted molar refractivity (Wildman–Crippen MR) is 129 cm³/mol. The van der Waals surface area contributed by atoms with Crippen LogP contribution in [0, 0.1) is 5.82 Å². The summed E-state index contributed by atoms with van der Waals surface area (Å²) in [6.07, 6.45) is 0.854. The molecule has 2 atom stereocenters. The molecule has 6 rings (SSSR count). The van der Waals surface area contributed by atoms with Crippen LogP contribution in [0.25, 0.3) is 5.70 Å². The minimum Gasteiger partial charge on any atom is -0.493 e. The van der Waals surface area contributed by atoms with E-state index in [1.807, 2.05) is 30.3 Å². The highest BCUT2D eigenvalue weighted by Gasteiger charge is 2.42. The van der Waals surface area contributed by atoms with E-state index in [2.05, 4.69) is 15.4 Å². The van der Waals surface area contributed by atoms with Crippen LogP contribution < -0.4 is 19.5 Å². The summed E-state index contributed by atoms with van der Waals surface area (Å²) in [4.78, 5) is 4.37. The molecular formula is C26H20ClFN4O3. The number of halogens is 2. The number of anilines is 1. The summed E-state index contributed by atoms with van der Waals surface area (Å²) in [6.45, 7) is 0. The Morgan fingerprint density at radius 1 is 1.03 bits per heavy atom. The Morgan fingerprint density at radius 2 is 1.86 bits per heavy atom. The van der Waals surface area contributed by atoms with Crippen LogP contribution in [0.1, 0.15) is 28.8 Å². The van der Waals surface area contributed by atoms with Crippen LogP contribution in [0.3, 0.4) is 0 Å². The fourth-order valence-corrected chi connectivity index (χ4v) is 4.90. The van der Waals surface area contributed by atoms with Gasteiger partial charge in [-0.05, 0) is 36.4 Å². The van der Waals surface area contributed by atoms with Crippen molar-refractivity contribution in [3.05, 3.63) is 100 Å². The number of ether oxygens (including phenoxy) is 3. The highest BCUT2D eigenvalue weighted by Crippen LogP contribution is 2.51. The van der Waals surface area contributed by atoms with E-state index in [0.717, 1.165) is 22.4 Å². The fourth-order valence-electron chi connectivity index (χ4n) is 4.73. The average molecular weight is 491 g/mol. The lowest BCUT2D eigenvalue weighted by atomic mass is 9.84. The van der Waals surface area contributed by atoms with Gasteiger partial charge in [0.2, 0.25) is 5.95 Å². The van der Waals surface area contributed by atoms with E-state index in [4.69, 9.17) is 25.8 Å². The van der Waals surface area contributed by atoms with Crippen LogP contribution in [0.15, 0.2) is 72.6 Å². The Bertz CT molecular complexity index is 1490. The normalized spacial score (nSPS) is 18.1. The van der Waals surface area contributed by atoms with Gasteiger partial charge in [0.15, 0.2) is 11.5 Å². The predicted octanol–water partition coefficient (Wildman–Crippen LogP) is 5.65. The van der Waals surface area contributed by atoms with Crippen molar-refractivity contribution in [2.24, 2.45) is 0 Å². The van der Waals surface area contributed by atoms with E-state index in [0.29, 0.717) is 33.8 Å². The molecule has 2 aliphatic heterocycles. The van der Waals surface area contributed by atoms with E-state index in [9.17, 15) is 0 Å². The van der Waals surface area contributed by atoms with Crippen LogP contribution >= 0.6 is 11.6 Å². The molecule has 0 radical (unpaired) electrons. The zero-order chi connectivity index (χ0) is 24.1. The molecule has 4 aromatic rings. The molecule has 0 aliphatic carbocycles. The Labute approximate surface area is 205 Å². The van der Waals surface area contributed by atoms with Gasteiger partial charge in [0.25, 0.3) is 0 Å². The second-order valence-electron chi connectivity index (χ2n) is 8.16. The molecule has 2 aliphatic rings. The molecule has 0 saturated heterocycles. The summed E-state index contributed by atoms with van der Waals surface area (Å²) in [6, 6.07) is 17.1. The Balaban J connectivity index is 1.63. The number of fused-ring (bicyclic) bond motifs is 3. The quantitative estimate of drug-likeness (QED) is 0.399. The van der Waals surface area contributed by atoms with Gasteiger partial charge in [0.05, 0.1) is 19.9 Å². The smallest absolute Gasteiger partial charge is 0.226 e. The average Bonchev–Trinajstić information content (AvgIpc) is 3.35. The molecule has 3 heterocycles. The van der Waals surface area contributed by atoms with E-state index >= 15 is 4.39 Å². The zero-order valence-corrected chi connectivity index (χ0v) is 19.6. The van der Waals surface area contributed by atoms with E-state index < -0.39 is 12.1 Å². The van der Waals surface area contributed by atoms with Gasteiger partial charge < -0.3 is 19.5 Å². The van der Waals surface area contributed by atoms with E-state index in [1.54, 1.807) is 43.2 Å². The molecule has 1 N–H and O–H groups in total.